The van der Waals surface area contributed by atoms with Gasteiger partial charge in [0.2, 0.25) is 10.0 Å². The summed E-state index contributed by atoms with van der Waals surface area (Å²) in [7, 11) is -2.10. The molecular formula is C17H27BrN2O3S. The molecule has 1 N–H and O–H groups in total. The number of benzene rings is 1. The van der Waals surface area contributed by atoms with Crippen LogP contribution in [-0.2, 0) is 10.0 Å². The Morgan fingerprint density at radius 2 is 2.17 bits per heavy atom. The summed E-state index contributed by atoms with van der Waals surface area (Å²) in [6, 6.07) is 5.64. The fraction of sp³-hybridized carbons (Fsp3) is 0.647. The summed E-state index contributed by atoms with van der Waals surface area (Å²) in [6.45, 7) is 4.73. The molecule has 136 valence electrons. The molecule has 24 heavy (non-hydrogen) atoms. The van der Waals surface area contributed by atoms with Crippen LogP contribution in [0.3, 0.4) is 0 Å². The van der Waals surface area contributed by atoms with E-state index in [1.54, 1.807) is 18.2 Å². The van der Waals surface area contributed by atoms with Gasteiger partial charge in [0.05, 0.1) is 7.11 Å². The minimum absolute atomic E-state index is 0.170. The van der Waals surface area contributed by atoms with E-state index in [1.165, 1.54) is 32.8 Å². The van der Waals surface area contributed by atoms with Crippen molar-refractivity contribution in [1.29, 1.82) is 0 Å². The van der Waals surface area contributed by atoms with E-state index in [1.807, 2.05) is 0 Å². The molecule has 2 rings (SSSR count). The Balaban J connectivity index is 1.90. The second kappa shape index (κ2) is 9.17. The van der Waals surface area contributed by atoms with Crippen molar-refractivity contribution >= 4 is 26.0 Å². The van der Waals surface area contributed by atoms with E-state index >= 15 is 0 Å². The first-order chi connectivity index (χ1) is 11.5. The van der Waals surface area contributed by atoms with Crippen LogP contribution in [0.4, 0.5) is 0 Å². The highest BCUT2D eigenvalue weighted by atomic mass is 79.9. The fourth-order valence-electron chi connectivity index (χ4n) is 3.24. The fourth-order valence-corrected chi connectivity index (χ4v) is 5.02. The van der Waals surface area contributed by atoms with Crippen LogP contribution in [0, 0.1) is 0 Å². The summed E-state index contributed by atoms with van der Waals surface area (Å²) in [5.41, 5.74) is 0. The van der Waals surface area contributed by atoms with Crippen LogP contribution in [0.1, 0.15) is 39.0 Å². The molecule has 0 saturated carbocycles. The van der Waals surface area contributed by atoms with Gasteiger partial charge in [0.25, 0.3) is 0 Å². The van der Waals surface area contributed by atoms with E-state index in [4.69, 9.17) is 4.74 Å². The van der Waals surface area contributed by atoms with Gasteiger partial charge in [-0.3, -0.25) is 0 Å². The Bertz CT molecular complexity index is 637. The largest absolute Gasteiger partial charge is 0.495 e. The topological polar surface area (TPSA) is 58.6 Å². The van der Waals surface area contributed by atoms with Crippen molar-refractivity contribution in [1.82, 2.24) is 9.62 Å². The summed E-state index contributed by atoms with van der Waals surface area (Å²) in [5.74, 6) is 0.354. The Labute approximate surface area is 153 Å². The van der Waals surface area contributed by atoms with E-state index in [-0.39, 0.29) is 4.90 Å². The van der Waals surface area contributed by atoms with Gasteiger partial charge in [-0.05, 0) is 57.0 Å². The smallest absolute Gasteiger partial charge is 0.244 e. The number of rotatable bonds is 8. The van der Waals surface area contributed by atoms with Gasteiger partial charge in [0.1, 0.15) is 10.6 Å². The maximum absolute atomic E-state index is 12.5. The molecule has 5 nitrogen and oxygen atoms in total. The minimum atomic E-state index is -3.57. The highest BCUT2D eigenvalue weighted by Gasteiger charge is 2.22. The molecule has 1 aliphatic heterocycles. The number of piperidine rings is 1. The van der Waals surface area contributed by atoms with Crippen molar-refractivity contribution in [3.8, 4) is 5.75 Å². The molecule has 1 aromatic rings. The maximum atomic E-state index is 12.5. The third-order valence-electron chi connectivity index (χ3n) is 4.55. The Morgan fingerprint density at radius 3 is 2.88 bits per heavy atom. The van der Waals surface area contributed by atoms with Crippen LogP contribution in [-0.4, -0.2) is 46.1 Å². The highest BCUT2D eigenvalue weighted by molar-refractivity contribution is 9.10. The third kappa shape index (κ3) is 5.18. The Hall–Kier alpha value is -0.630. The van der Waals surface area contributed by atoms with Gasteiger partial charge in [-0.15, -0.1) is 0 Å². The Kier molecular flexibility index (Phi) is 7.53. The lowest BCUT2D eigenvalue weighted by atomic mass is 10.00. The van der Waals surface area contributed by atoms with Crippen LogP contribution < -0.4 is 9.46 Å². The number of hydrogen-bond donors (Lipinski definition) is 1. The van der Waals surface area contributed by atoms with Crippen LogP contribution >= 0.6 is 15.9 Å². The lowest BCUT2D eigenvalue weighted by molar-refractivity contribution is 0.143. The molecule has 0 aliphatic carbocycles. The van der Waals surface area contributed by atoms with E-state index in [0.29, 0.717) is 22.8 Å². The van der Waals surface area contributed by atoms with Crippen LogP contribution in [0.25, 0.3) is 0 Å². The van der Waals surface area contributed by atoms with Gasteiger partial charge in [0, 0.05) is 17.1 Å². The van der Waals surface area contributed by atoms with E-state index < -0.39 is 10.0 Å². The summed E-state index contributed by atoms with van der Waals surface area (Å²) >= 11 is 3.31. The molecule has 7 heteroatoms. The first kappa shape index (κ1) is 19.7. The number of likely N-dealkylation sites (tertiary alicyclic amines) is 1. The number of ether oxygens (including phenoxy) is 1. The lowest BCUT2D eigenvalue weighted by Gasteiger charge is -2.35. The Morgan fingerprint density at radius 1 is 1.38 bits per heavy atom. The third-order valence-corrected chi connectivity index (χ3v) is 6.53. The summed E-state index contributed by atoms with van der Waals surface area (Å²) in [5, 5.41) is 0. The normalized spacial score (nSPS) is 19.4. The number of hydrogen-bond acceptors (Lipinski definition) is 4. The molecule has 1 aromatic carbocycles. The zero-order chi connectivity index (χ0) is 17.6. The molecule has 0 spiro atoms. The number of sulfonamides is 1. The zero-order valence-electron chi connectivity index (χ0n) is 14.4. The molecule has 1 saturated heterocycles. The van der Waals surface area contributed by atoms with Crippen molar-refractivity contribution in [2.24, 2.45) is 0 Å². The van der Waals surface area contributed by atoms with E-state index in [2.05, 4.69) is 32.5 Å². The molecule has 0 unspecified atom stereocenters. The van der Waals surface area contributed by atoms with Gasteiger partial charge in [-0.25, -0.2) is 13.1 Å². The van der Waals surface area contributed by atoms with Gasteiger partial charge in [0.15, 0.2) is 0 Å². The molecule has 1 aliphatic rings. The van der Waals surface area contributed by atoms with Crippen molar-refractivity contribution in [3.05, 3.63) is 22.7 Å². The molecule has 1 atom stereocenters. The first-order valence-corrected chi connectivity index (χ1v) is 10.8. The maximum Gasteiger partial charge on any atom is 0.244 e. The SMILES string of the molecule is CC[C@H]1CCCCN1CCCNS(=O)(=O)c1cc(Br)ccc1OC. The predicted molar refractivity (Wildman–Crippen MR) is 100 cm³/mol. The van der Waals surface area contributed by atoms with E-state index in [0.717, 1.165) is 19.5 Å². The average Bonchev–Trinajstić information content (AvgIpc) is 2.59. The number of methoxy groups -OCH3 is 1. The number of nitrogens with zero attached hydrogens (tertiary/aromatic N) is 1. The lowest BCUT2D eigenvalue weighted by Crippen LogP contribution is -2.40. The van der Waals surface area contributed by atoms with Gasteiger partial charge in [-0.2, -0.15) is 0 Å². The quantitative estimate of drug-likeness (QED) is 0.657. The first-order valence-electron chi connectivity index (χ1n) is 8.55. The molecule has 0 bridgehead atoms. The monoisotopic (exact) mass is 418 g/mol. The van der Waals surface area contributed by atoms with Crippen molar-refractivity contribution in [2.45, 2.75) is 50.0 Å². The zero-order valence-corrected chi connectivity index (χ0v) is 16.8. The highest BCUT2D eigenvalue weighted by Crippen LogP contribution is 2.27. The van der Waals surface area contributed by atoms with Crippen LogP contribution in [0.2, 0.25) is 0 Å². The standard InChI is InChI=1S/C17H27BrN2O3S/c1-3-15-7-4-5-11-20(15)12-6-10-19-24(21,22)17-13-14(18)8-9-16(17)23-2/h8-9,13,15,19H,3-7,10-12H2,1-2H3/t15-/m0/s1. The molecule has 0 radical (unpaired) electrons. The van der Waals surface area contributed by atoms with Gasteiger partial charge >= 0.3 is 0 Å². The molecule has 0 aromatic heterocycles. The van der Waals surface area contributed by atoms with Crippen molar-refractivity contribution in [3.63, 3.8) is 0 Å². The second-order valence-corrected chi connectivity index (χ2v) is 8.79. The summed E-state index contributed by atoms with van der Waals surface area (Å²) in [6.07, 6.45) is 5.80. The number of halogens is 1. The summed E-state index contributed by atoms with van der Waals surface area (Å²) < 4.78 is 33.6. The van der Waals surface area contributed by atoms with E-state index in [9.17, 15) is 8.42 Å². The minimum Gasteiger partial charge on any atom is -0.495 e. The van der Waals surface area contributed by atoms with Crippen molar-refractivity contribution < 1.29 is 13.2 Å². The second-order valence-electron chi connectivity index (χ2n) is 6.14. The van der Waals surface area contributed by atoms with Crippen molar-refractivity contribution in [2.75, 3.05) is 26.7 Å². The number of nitrogens with one attached hydrogen (secondary N) is 1. The predicted octanol–water partition coefficient (Wildman–Crippen LogP) is 3.39. The molecule has 1 heterocycles. The molecular weight excluding hydrogens is 392 g/mol. The molecule has 1 fully saturated rings. The van der Waals surface area contributed by atoms with Gasteiger partial charge in [-0.1, -0.05) is 29.3 Å². The molecule has 0 amide bonds. The summed E-state index contributed by atoms with van der Waals surface area (Å²) in [4.78, 5) is 2.67. The van der Waals surface area contributed by atoms with Gasteiger partial charge < -0.3 is 9.64 Å². The van der Waals surface area contributed by atoms with Crippen LogP contribution in [0.5, 0.6) is 5.75 Å². The van der Waals surface area contributed by atoms with Crippen LogP contribution in [0.15, 0.2) is 27.6 Å². The average molecular weight is 419 g/mol.